The molecule has 0 spiro atoms. The summed E-state index contributed by atoms with van der Waals surface area (Å²) in [5.41, 5.74) is 6.11. The number of pyridine rings is 1. The molecule has 1 rings (SSSR count). The lowest BCUT2D eigenvalue weighted by Gasteiger charge is -2.12. The maximum absolute atomic E-state index is 9.41. The molecule has 0 saturated carbocycles. The fraction of sp³-hybridized carbons (Fsp3) is 0.375. The van der Waals surface area contributed by atoms with Crippen LogP contribution < -0.4 is 5.73 Å². The van der Waals surface area contributed by atoms with E-state index in [1.165, 1.54) is 0 Å². The third-order valence-electron chi connectivity index (χ3n) is 1.49. The van der Waals surface area contributed by atoms with Crippen molar-refractivity contribution < 1.29 is 5.11 Å². The maximum Gasteiger partial charge on any atom is 0.111 e. The van der Waals surface area contributed by atoms with Gasteiger partial charge in [0, 0.05) is 12.2 Å². The van der Waals surface area contributed by atoms with E-state index < -0.39 is 6.10 Å². The zero-order valence-corrected chi connectivity index (χ0v) is 6.44. The van der Waals surface area contributed by atoms with Crippen LogP contribution in [0, 0.1) is 0 Å². The monoisotopic (exact) mass is 152 g/mol. The molecule has 3 N–H and O–H groups in total. The number of nitrogens with zero attached hydrogens (tertiary/aromatic N) is 1. The molecule has 0 aliphatic rings. The third kappa shape index (κ3) is 2.00. The van der Waals surface area contributed by atoms with Crippen LogP contribution in [0.1, 0.15) is 18.7 Å². The molecule has 0 radical (unpaired) electrons. The standard InChI is InChI=1S/C8H12N2O/c1-6(9)8(11)7-4-2-3-5-10-7/h2-6,8,11H,9H2,1H3/t6-,8-/m0/s1. The van der Waals surface area contributed by atoms with E-state index in [4.69, 9.17) is 5.73 Å². The first kappa shape index (κ1) is 8.17. The van der Waals surface area contributed by atoms with Crippen LogP contribution in [-0.2, 0) is 0 Å². The van der Waals surface area contributed by atoms with Gasteiger partial charge in [-0.15, -0.1) is 0 Å². The van der Waals surface area contributed by atoms with Crippen LogP contribution in [0.15, 0.2) is 24.4 Å². The smallest absolute Gasteiger partial charge is 0.111 e. The molecule has 0 aromatic carbocycles. The number of hydrogen-bond acceptors (Lipinski definition) is 3. The average Bonchev–Trinajstić information content (AvgIpc) is 2.05. The Bertz CT molecular complexity index is 211. The van der Waals surface area contributed by atoms with Gasteiger partial charge in [0.2, 0.25) is 0 Å². The Morgan fingerprint density at radius 1 is 1.55 bits per heavy atom. The molecule has 0 fully saturated rings. The fourth-order valence-electron chi connectivity index (χ4n) is 0.820. The van der Waals surface area contributed by atoms with Crippen LogP contribution >= 0.6 is 0 Å². The van der Waals surface area contributed by atoms with E-state index in [1.807, 2.05) is 6.07 Å². The second kappa shape index (κ2) is 3.46. The predicted octanol–water partition coefficient (Wildman–Crippen LogP) is 0.462. The maximum atomic E-state index is 9.41. The first-order valence-electron chi connectivity index (χ1n) is 3.56. The first-order valence-corrected chi connectivity index (χ1v) is 3.56. The first-order chi connectivity index (χ1) is 5.22. The van der Waals surface area contributed by atoms with Gasteiger partial charge >= 0.3 is 0 Å². The van der Waals surface area contributed by atoms with E-state index in [1.54, 1.807) is 25.3 Å². The molecule has 0 aliphatic heterocycles. The summed E-state index contributed by atoms with van der Waals surface area (Å²) in [5, 5.41) is 9.41. The van der Waals surface area contributed by atoms with Gasteiger partial charge < -0.3 is 10.8 Å². The summed E-state index contributed by atoms with van der Waals surface area (Å²) in [6, 6.07) is 5.12. The Kier molecular flexibility index (Phi) is 2.57. The van der Waals surface area contributed by atoms with Gasteiger partial charge in [-0.25, -0.2) is 0 Å². The van der Waals surface area contributed by atoms with Crippen molar-refractivity contribution in [3.05, 3.63) is 30.1 Å². The van der Waals surface area contributed by atoms with Crippen LogP contribution in [0.2, 0.25) is 0 Å². The Balaban J connectivity index is 2.77. The summed E-state index contributed by atoms with van der Waals surface area (Å²) in [4.78, 5) is 3.97. The Morgan fingerprint density at radius 3 is 2.73 bits per heavy atom. The van der Waals surface area contributed by atoms with E-state index in [-0.39, 0.29) is 6.04 Å². The SMILES string of the molecule is C[C@H](N)[C@H](O)c1ccccn1. The van der Waals surface area contributed by atoms with Gasteiger partial charge in [0.15, 0.2) is 0 Å². The largest absolute Gasteiger partial charge is 0.385 e. The summed E-state index contributed by atoms with van der Waals surface area (Å²) in [6.45, 7) is 1.75. The third-order valence-corrected chi connectivity index (χ3v) is 1.49. The highest BCUT2D eigenvalue weighted by molar-refractivity contribution is 5.07. The number of rotatable bonds is 2. The predicted molar refractivity (Wildman–Crippen MR) is 42.8 cm³/mol. The Labute approximate surface area is 65.9 Å². The highest BCUT2D eigenvalue weighted by Gasteiger charge is 2.12. The molecule has 11 heavy (non-hydrogen) atoms. The lowest BCUT2D eigenvalue weighted by molar-refractivity contribution is 0.149. The number of nitrogens with two attached hydrogens (primary N) is 1. The summed E-state index contributed by atoms with van der Waals surface area (Å²) >= 11 is 0. The molecule has 1 aromatic rings. The molecule has 3 nitrogen and oxygen atoms in total. The molecular formula is C8H12N2O. The van der Waals surface area contributed by atoms with E-state index in [0.29, 0.717) is 5.69 Å². The topological polar surface area (TPSA) is 59.1 Å². The van der Waals surface area contributed by atoms with Gasteiger partial charge in [0.05, 0.1) is 5.69 Å². The number of aromatic nitrogens is 1. The van der Waals surface area contributed by atoms with E-state index in [0.717, 1.165) is 0 Å². The molecule has 0 bridgehead atoms. The normalized spacial score (nSPS) is 15.9. The van der Waals surface area contributed by atoms with Gasteiger partial charge in [-0.3, -0.25) is 4.98 Å². The molecule has 3 heteroatoms. The van der Waals surface area contributed by atoms with Crippen molar-refractivity contribution >= 4 is 0 Å². The van der Waals surface area contributed by atoms with Crippen LogP contribution in [0.5, 0.6) is 0 Å². The lowest BCUT2D eigenvalue weighted by Crippen LogP contribution is -2.24. The number of aliphatic hydroxyl groups is 1. The van der Waals surface area contributed by atoms with Crippen LogP contribution in [0.25, 0.3) is 0 Å². The van der Waals surface area contributed by atoms with Gasteiger partial charge in [-0.1, -0.05) is 6.07 Å². The highest BCUT2D eigenvalue weighted by atomic mass is 16.3. The van der Waals surface area contributed by atoms with Crippen molar-refractivity contribution in [3.8, 4) is 0 Å². The zero-order valence-electron chi connectivity index (χ0n) is 6.44. The molecule has 0 aliphatic carbocycles. The minimum atomic E-state index is -0.656. The van der Waals surface area contributed by atoms with Crippen LogP contribution in [-0.4, -0.2) is 16.1 Å². The molecular weight excluding hydrogens is 140 g/mol. The molecule has 0 saturated heterocycles. The van der Waals surface area contributed by atoms with Gasteiger partial charge in [-0.05, 0) is 19.1 Å². The second-order valence-electron chi connectivity index (χ2n) is 2.56. The summed E-state index contributed by atoms with van der Waals surface area (Å²) < 4.78 is 0. The van der Waals surface area contributed by atoms with Gasteiger partial charge in [0.25, 0.3) is 0 Å². The van der Waals surface area contributed by atoms with Crippen molar-refractivity contribution in [2.24, 2.45) is 5.73 Å². The van der Waals surface area contributed by atoms with Crippen molar-refractivity contribution in [1.82, 2.24) is 4.98 Å². The molecule has 0 amide bonds. The Morgan fingerprint density at radius 2 is 2.27 bits per heavy atom. The Hall–Kier alpha value is -0.930. The van der Waals surface area contributed by atoms with Gasteiger partial charge in [-0.2, -0.15) is 0 Å². The number of hydrogen-bond donors (Lipinski definition) is 2. The number of aliphatic hydroxyl groups excluding tert-OH is 1. The van der Waals surface area contributed by atoms with Crippen molar-refractivity contribution in [1.29, 1.82) is 0 Å². The zero-order chi connectivity index (χ0) is 8.27. The summed E-state index contributed by atoms with van der Waals surface area (Å²) in [6.07, 6.45) is 0.984. The summed E-state index contributed by atoms with van der Waals surface area (Å²) in [5.74, 6) is 0. The van der Waals surface area contributed by atoms with Crippen LogP contribution in [0.4, 0.5) is 0 Å². The fourth-order valence-corrected chi connectivity index (χ4v) is 0.820. The quantitative estimate of drug-likeness (QED) is 0.647. The highest BCUT2D eigenvalue weighted by Crippen LogP contribution is 2.10. The van der Waals surface area contributed by atoms with Crippen molar-refractivity contribution in [2.45, 2.75) is 19.1 Å². The lowest BCUT2D eigenvalue weighted by atomic mass is 10.1. The van der Waals surface area contributed by atoms with Crippen molar-refractivity contribution in [3.63, 3.8) is 0 Å². The molecule has 2 atom stereocenters. The molecule has 0 unspecified atom stereocenters. The second-order valence-corrected chi connectivity index (χ2v) is 2.56. The van der Waals surface area contributed by atoms with E-state index in [2.05, 4.69) is 4.98 Å². The van der Waals surface area contributed by atoms with E-state index in [9.17, 15) is 5.11 Å². The van der Waals surface area contributed by atoms with E-state index >= 15 is 0 Å². The summed E-state index contributed by atoms with van der Waals surface area (Å²) in [7, 11) is 0. The van der Waals surface area contributed by atoms with Crippen molar-refractivity contribution in [2.75, 3.05) is 0 Å². The van der Waals surface area contributed by atoms with Crippen LogP contribution in [0.3, 0.4) is 0 Å². The minimum Gasteiger partial charge on any atom is -0.385 e. The molecule has 1 heterocycles. The molecule has 1 aromatic heterocycles. The minimum absolute atomic E-state index is 0.273. The average molecular weight is 152 g/mol. The molecule has 60 valence electrons. The van der Waals surface area contributed by atoms with Gasteiger partial charge in [0.1, 0.15) is 6.10 Å².